The number of aromatic nitrogens is 1. The van der Waals surface area contributed by atoms with E-state index in [-0.39, 0.29) is 11.9 Å². The summed E-state index contributed by atoms with van der Waals surface area (Å²) in [6.45, 7) is 1.60. The zero-order valence-electron chi connectivity index (χ0n) is 17.0. The first kappa shape index (κ1) is 19.9. The molecule has 1 saturated heterocycles. The molecular formula is C24H25N3O3. The summed E-state index contributed by atoms with van der Waals surface area (Å²) in [5.74, 6) is 2.03. The Morgan fingerprint density at radius 2 is 2.00 bits per heavy atom. The van der Waals surface area contributed by atoms with Crippen LogP contribution < -0.4 is 14.8 Å². The highest BCUT2D eigenvalue weighted by Crippen LogP contribution is 2.30. The van der Waals surface area contributed by atoms with Crippen molar-refractivity contribution >= 4 is 11.6 Å². The number of anilines is 1. The summed E-state index contributed by atoms with van der Waals surface area (Å²) < 4.78 is 11.2. The van der Waals surface area contributed by atoms with Gasteiger partial charge in [0.2, 0.25) is 5.91 Å². The van der Waals surface area contributed by atoms with Gasteiger partial charge < -0.3 is 14.8 Å². The van der Waals surface area contributed by atoms with Crippen molar-refractivity contribution in [2.24, 2.45) is 0 Å². The molecule has 0 aliphatic carbocycles. The Hall–Kier alpha value is -3.38. The van der Waals surface area contributed by atoms with E-state index in [1.807, 2.05) is 54.6 Å². The number of carbonyl (C=O) groups excluding carboxylic acids is 1. The number of methoxy groups -OCH3 is 1. The van der Waals surface area contributed by atoms with E-state index in [9.17, 15) is 4.79 Å². The standard InChI is InChI=1S/C24H25N3O3/c1-29-19-8-4-7-18(15-19)17-27-14-6-11-22(27)24(28)26-21-10-2-3-12-23(21)30-20-9-5-13-25-16-20/h2-5,7-10,12-13,15-16,22H,6,11,14,17H2,1H3,(H,26,28). The summed E-state index contributed by atoms with van der Waals surface area (Å²) in [5.41, 5.74) is 1.79. The summed E-state index contributed by atoms with van der Waals surface area (Å²) in [6, 6.07) is 18.9. The van der Waals surface area contributed by atoms with Crippen LogP contribution in [0.4, 0.5) is 5.69 Å². The molecule has 1 fully saturated rings. The van der Waals surface area contributed by atoms with E-state index in [1.54, 1.807) is 19.5 Å². The second kappa shape index (κ2) is 9.41. The fourth-order valence-electron chi connectivity index (χ4n) is 3.73. The number of nitrogens with one attached hydrogen (secondary N) is 1. The van der Waals surface area contributed by atoms with Gasteiger partial charge in [-0.3, -0.25) is 14.7 Å². The van der Waals surface area contributed by atoms with Gasteiger partial charge in [-0.2, -0.15) is 0 Å². The van der Waals surface area contributed by atoms with Crippen molar-refractivity contribution in [1.82, 2.24) is 9.88 Å². The van der Waals surface area contributed by atoms with Crippen LogP contribution in [-0.2, 0) is 11.3 Å². The molecule has 0 radical (unpaired) electrons. The molecule has 1 unspecified atom stereocenters. The second-order valence-corrected chi connectivity index (χ2v) is 7.26. The fourth-order valence-corrected chi connectivity index (χ4v) is 3.73. The SMILES string of the molecule is COc1cccc(CN2CCCC2C(=O)Nc2ccccc2Oc2cccnc2)c1. The van der Waals surface area contributed by atoms with Crippen LogP contribution in [0.2, 0.25) is 0 Å². The lowest BCUT2D eigenvalue weighted by Gasteiger charge is -2.24. The highest BCUT2D eigenvalue weighted by Gasteiger charge is 2.31. The molecule has 3 aromatic rings. The van der Waals surface area contributed by atoms with Crippen LogP contribution in [0.3, 0.4) is 0 Å². The first-order valence-electron chi connectivity index (χ1n) is 10.1. The third-order valence-corrected chi connectivity index (χ3v) is 5.19. The molecule has 1 aliphatic rings. The molecule has 1 amide bonds. The minimum absolute atomic E-state index is 0.0161. The summed E-state index contributed by atoms with van der Waals surface area (Å²) in [6.07, 6.45) is 5.17. The summed E-state index contributed by atoms with van der Waals surface area (Å²) >= 11 is 0. The van der Waals surface area contributed by atoms with Gasteiger partial charge in [-0.25, -0.2) is 0 Å². The number of amides is 1. The topological polar surface area (TPSA) is 63.7 Å². The van der Waals surface area contributed by atoms with E-state index in [1.165, 1.54) is 0 Å². The lowest BCUT2D eigenvalue weighted by Crippen LogP contribution is -2.39. The van der Waals surface area contributed by atoms with Crippen molar-refractivity contribution in [3.05, 3.63) is 78.6 Å². The van der Waals surface area contributed by atoms with Crippen molar-refractivity contribution in [3.8, 4) is 17.2 Å². The van der Waals surface area contributed by atoms with E-state index < -0.39 is 0 Å². The molecule has 2 aromatic carbocycles. The smallest absolute Gasteiger partial charge is 0.241 e. The van der Waals surface area contributed by atoms with Gasteiger partial charge >= 0.3 is 0 Å². The maximum atomic E-state index is 13.1. The molecule has 1 N–H and O–H groups in total. The quantitative estimate of drug-likeness (QED) is 0.630. The van der Waals surface area contributed by atoms with Crippen LogP contribution in [0.25, 0.3) is 0 Å². The summed E-state index contributed by atoms with van der Waals surface area (Å²) in [7, 11) is 1.66. The molecule has 0 bridgehead atoms. The Bertz CT molecular complexity index is 994. The van der Waals surface area contributed by atoms with E-state index >= 15 is 0 Å². The summed E-state index contributed by atoms with van der Waals surface area (Å²) in [4.78, 5) is 19.4. The number of hydrogen-bond donors (Lipinski definition) is 1. The van der Waals surface area contributed by atoms with Crippen molar-refractivity contribution in [3.63, 3.8) is 0 Å². The van der Waals surface area contributed by atoms with Crippen molar-refractivity contribution in [2.45, 2.75) is 25.4 Å². The third-order valence-electron chi connectivity index (χ3n) is 5.19. The number of hydrogen-bond acceptors (Lipinski definition) is 5. The van der Waals surface area contributed by atoms with E-state index in [0.717, 1.165) is 30.7 Å². The lowest BCUT2D eigenvalue weighted by atomic mass is 10.1. The number of pyridine rings is 1. The molecule has 154 valence electrons. The Balaban J connectivity index is 1.45. The minimum Gasteiger partial charge on any atom is -0.497 e. The molecule has 0 saturated carbocycles. The first-order chi connectivity index (χ1) is 14.7. The van der Waals surface area contributed by atoms with Crippen LogP contribution in [0.1, 0.15) is 18.4 Å². The number of para-hydroxylation sites is 2. The van der Waals surface area contributed by atoms with Gasteiger partial charge in [0, 0.05) is 12.7 Å². The summed E-state index contributed by atoms with van der Waals surface area (Å²) in [5, 5.41) is 3.06. The van der Waals surface area contributed by atoms with Gasteiger partial charge in [0.1, 0.15) is 11.5 Å². The van der Waals surface area contributed by atoms with Crippen LogP contribution >= 0.6 is 0 Å². The highest BCUT2D eigenvalue weighted by molar-refractivity contribution is 5.96. The van der Waals surface area contributed by atoms with E-state index in [2.05, 4.69) is 21.3 Å². The van der Waals surface area contributed by atoms with Crippen LogP contribution in [0.15, 0.2) is 73.1 Å². The molecule has 0 spiro atoms. The van der Waals surface area contributed by atoms with Crippen LogP contribution in [0.5, 0.6) is 17.2 Å². The van der Waals surface area contributed by atoms with E-state index in [4.69, 9.17) is 9.47 Å². The Morgan fingerprint density at radius 3 is 2.83 bits per heavy atom. The van der Waals surface area contributed by atoms with Gasteiger partial charge in [-0.1, -0.05) is 24.3 Å². The van der Waals surface area contributed by atoms with Gasteiger partial charge in [-0.15, -0.1) is 0 Å². The Kier molecular flexibility index (Phi) is 6.25. The lowest BCUT2D eigenvalue weighted by molar-refractivity contribution is -0.120. The van der Waals surface area contributed by atoms with Crippen LogP contribution in [-0.4, -0.2) is 35.5 Å². The van der Waals surface area contributed by atoms with Gasteiger partial charge in [0.25, 0.3) is 0 Å². The Labute approximate surface area is 176 Å². The Morgan fingerprint density at radius 1 is 1.13 bits per heavy atom. The number of rotatable bonds is 7. The fraction of sp³-hybridized carbons (Fsp3) is 0.250. The van der Waals surface area contributed by atoms with Gasteiger partial charge in [0.15, 0.2) is 5.75 Å². The van der Waals surface area contributed by atoms with Crippen molar-refractivity contribution < 1.29 is 14.3 Å². The molecular weight excluding hydrogens is 378 g/mol. The van der Waals surface area contributed by atoms with Crippen molar-refractivity contribution in [2.75, 3.05) is 19.0 Å². The first-order valence-corrected chi connectivity index (χ1v) is 10.1. The number of likely N-dealkylation sites (tertiary alicyclic amines) is 1. The van der Waals surface area contributed by atoms with E-state index in [0.29, 0.717) is 23.7 Å². The maximum Gasteiger partial charge on any atom is 0.241 e. The number of benzene rings is 2. The molecule has 4 rings (SSSR count). The van der Waals surface area contributed by atoms with Gasteiger partial charge in [0.05, 0.1) is 25.0 Å². The third kappa shape index (κ3) is 4.78. The zero-order chi connectivity index (χ0) is 20.8. The highest BCUT2D eigenvalue weighted by atomic mass is 16.5. The number of nitrogens with zero attached hydrogens (tertiary/aromatic N) is 2. The molecule has 2 heterocycles. The number of ether oxygens (including phenoxy) is 2. The van der Waals surface area contributed by atoms with Gasteiger partial charge in [-0.05, 0) is 61.3 Å². The molecule has 30 heavy (non-hydrogen) atoms. The minimum atomic E-state index is -0.178. The molecule has 1 aromatic heterocycles. The normalized spacial score (nSPS) is 16.2. The largest absolute Gasteiger partial charge is 0.497 e. The zero-order valence-corrected chi connectivity index (χ0v) is 17.0. The second-order valence-electron chi connectivity index (χ2n) is 7.26. The predicted octanol–water partition coefficient (Wildman–Crippen LogP) is 4.49. The number of carbonyl (C=O) groups is 1. The average molecular weight is 403 g/mol. The predicted molar refractivity (Wildman–Crippen MR) is 116 cm³/mol. The molecule has 6 heteroatoms. The monoisotopic (exact) mass is 403 g/mol. The molecule has 6 nitrogen and oxygen atoms in total. The molecule has 1 aliphatic heterocycles. The maximum absolute atomic E-state index is 13.1. The average Bonchev–Trinajstić information content (AvgIpc) is 3.24. The molecule has 1 atom stereocenters. The van der Waals surface area contributed by atoms with Crippen molar-refractivity contribution in [1.29, 1.82) is 0 Å². The van der Waals surface area contributed by atoms with Crippen LogP contribution in [0, 0.1) is 0 Å².